The van der Waals surface area contributed by atoms with E-state index in [-0.39, 0.29) is 11.8 Å². The van der Waals surface area contributed by atoms with E-state index in [0.29, 0.717) is 6.42 Å². The Bertz CT molecular complexity index is 811. The van der Waals surface area contributed by atoms with Crippen molar-refractivity contribution in [1.29, 1.82) is 0 Å². The van der Waals surface area contributed by atoms with Crippen LogP contribution >= 0.6 is 15.9 Å². The lowest BCUT2D eigenvalue weighted by Gasteiger charge is -2.18. The summed E-state index contributed by atoms with van der Waals surface area (Å²) in [7, 11) is 0. The van der Waals surface area contributed by atoms with Gasteiger partial charge in [-0.15, -0.1) is 0 Å². The van der Waals surface area contributed by atoms with Crippen molar-refractivity contribution in [1.82, 2.24) is 0 Å². The predicted molar refractivity (Wildman–Crippen MR) is 102 cm³/mol. The first-order chi connectivity index (χ1) is 12.1. The van der Waals surface area contributed by atoms with Gasteiger partial charge in [0, 0.05) is 28.8 Å². The average Bonchev–Trinajstić information content (AvgIpc) is 3.32. The van der Waals surface area contributed by atoms with Crippen LogP contribution in [-0.4, -0.2) is 18.4 Å². The number of halogens is 1. The highest BCUT2D eigenvalue weighted by molar-refractivity contribution is 9.10. The second-order valence-electron chi connectivity index (χ2n) is 6.74. The Hall–Kier alpha value is -2.14. The molecule has 2 amide bonds. The van der Waals surface area contributed by atoms with Crippen molar-refractivity contribution in [3.05, 3.63) is 58.6 Å². The Labute approximate surface area is 155 Å². The van der Waals surface area contributed by atoms with Crippen LogP contribution in [0.3, 0.4) is 0 Å². The molecule has 2 aliphatic rings. The molecule has 0 aromatic heterocycles. The first kappa shape index (κ1) is 16.3. The third-order valence-electron chi connectivity index (χ3n) is 5.09. The maximum Gasteiger partial charge on any atom is 0.235 e. The molecule has 1 saturated heterocycles. The highest BCUT2D eigenvalue weighted by Crippen LogP contribution is 2.49. The lowest BCUT2D eigenvalue weighted by molar-refractivity contribution is -0.118. The Morgan fingerprint density at radius 1 is 1.04 bits per heavy atom. The van der Waals surface area contributed by atoms with E-state index < -0.39 is 5.41 Å². The van der Waals surface area contributed by atoms with Gasteiger partial charge in [-0.2, -0.15) is 0 Å². The normalized spacial score (nSPS) is 18.3. The number of carbonyl (C=O) groups excluding carboxylic acids is 2. The first-order valence-corrected chi connectivity index (χ1v) is 9.36. The highest BCUT2D eigenvalue weighted by Gasteiger charge is 2.51. The Morgan fingerprint density at radius 2 is 1.72 bits per heavy atom. The van der Waals surface area contributed by atoms with Gasteiger partial charge in [0.1, 0.15) is 0 Å². The van der Waals surface area contributed by atoms with Gasteiger partial charge >= 0.3 is 0 Å². The summed E-state index contributed by atoms with van der Waals surface area (Å²) in [6, 6.07) is 15.5. The van der Waals surface area contributed by atoms with E-state index >= 15 is 0 Å². The van der Waals surface area contributed by atoms with Crippen molar-refractivity contribution < 1.29 is 9.59 Å². The quantitative estimate of drug-likeness (QED) is 0.836. The summed E-state index contributed by atoms with van der Waals surface area (Å²) in [6.45, 7) is 0.775. The van der Waals surface area contributed by atoms with E-state index in [1.807, 2.05) is 48.5 Å². The van der Waals surface area contributed by atoms with Gasteiger partial charge in [-0.05, 0) is 61.2 Å². The molecule has 4 rings (SSSR count). The van der Waals surface area contributed by atoms with Gasteiger partial charge in [0.05, 0.1) is 5.41 Å². The lowest BCUT2D eigenvalue weighted by Crippen LogP contribution is -2.28. The molecule has 1 heterocycles. The van der Waals surface area contributed by atoms with Crippen LogP contribution < -0.4 is 10.2 Å². The van der Waals surface area contributed by atoms with Gasteiger partial charge < -0.3 is 10.2 Å². The molecule has 5 heteroatoms. The summed E-state index contributed by atoms with van der Waals surface area (Å²) in [5, 5.41) is 3.03. The fourth-order valence-corrected chi connectivity index (χ4v) is 3.70. The molecule has 1 N–H and O–H groups in total. The minimum absolute atomic E-state index is 0.0415. The van der Waals surface area contributed by atoms with Crippen LogP contribution in [0.2, 0.25) is 0 Å². The lowest BCUT2D eigenvalue weighted by atomic mass is 9.95. The van der Waals surface area contributed by atoms with Crippen LogP contribution in [0.5, 0.6) is 0 Å². The highest BCUT2D eigenvalue weighted by atomic mass is 79.9. The van der Waals surface area contributed by atoms with Crippen molar-refractivity contribution in [2.24, 2.45) is 0 Å². The molecular formula is C20H19BrN2O2. The average molecular weight is 399 g/mol. The fourth-order valence-electron chi connectivity index (χ4n) is 3.44. The van der Waals surface area contributed by atoms with Crippen molar-refractivity contribution in [3.63, 3.8) is 0 Å². The van der Waals surface area contributed by atoms with Crippen LogP contribution in [0, 0.1) is 0 Å². The van der Waals surface area contributed by atoms with E-state index in [9.17, 15) is 9.59 Å². The Kier molecular flexibility index (Phi) is 4.12. The maximum atomic E-state index is 12.8. The molecule has 1 saturated carbocycles. The van der Waals surface area contributed by atoms with Gasteiger partial charge in [-0.1, -0.05) is 28.1 Å². The largest absolute Gasteiger partial charge is 0.325 e. The summed E-state index contributed by atoms with van der Waals surface area (Å²) >= 11 is 3.43. The van der Waals surface area contributed by atoms with E-state index in [4.69, 9.17) is 0 Å². The number of amides is 2. The molecule has 2 aromatic rings. The van der Waals surface area contributed by atoms with Gasteiger partial charge in [0.25, 0.3) is 0 Å². The zero-order valence-corrected chi connectivity index (χ0v) is 15.4. The number of hydrogen-bond donors (Lipinski definition) is 1. The molecule has 0 radical (unpaired) electrons. The first-order valence-electron chi connectivity index (χ1n) is 8.56. The summed E-state index contributed by atoms with van der Waals surface area (Å²) in [6.07, 6.45) is 3.28. The molecule has 2 fully saturated rings. The topological polar surface area (TPSA) is 49.4 Å². The van der Waals surface area contributed by atoms with Crippen LogP contribution in [0.4, 0.5) is 11.4 Å². The van der Waals surface area contributed by atoms with Crippen LogP contribution in [0.15, 0.2) is 53.0 Å². The molecule has 25 heavy (non-hydrogen) atoms. The second-order valence-corrected chi connectivity index (χ2v) is 7.65. The standard InChI is InChI=1S/C20H19BrN2O2/c21-15-5-3-14(4-6-15)20(11-12-20)19(25)22-16-7-9-17(10-8-16)23-13-1-2-18(23)24/h3-10H,1-2,11-13H2,(H,22,25). The third kappa shape index (κ3) is 3.09. The van der Waals surface area contributed by atoms with Gasteiger partial charge in [-0.3, -0.25) is 9.59 Å². The Balaban J connectivity index is 1.47. The maximum absolute atomic E-state index is 12.8. The molecule has 2 aromatic carbocycles. The van der Waals surface area contributed by atoms with E-state index in [2.05, 4.69) is 21.2 Å². The second kappa shape index (κ2) is 6.30. The number of rotatable bonds is 4. The minimum atomic E-state index is -0.399. The van der Waals surface area contributed by atoms with Crippen molar-refractivity contribution in [2.45, 2.75) is 31.1 Å². The smallest absolute Gasteiger partial charge is 0.235 e. The molecular weight excluding hydrogens is 380 g/mol. The van der Waals surface area contributed by atoms with Crippen LogP contribution in [0.25, 0.3) is 0 Å². The van der Waals surface area contributed by atoms with Gasteiger partial charge in [0.15, 0.2) is 0 Å². The molecule has 0 unspecified atom stereocenters. The molecule has 4 nitrogen and oxygen atoms in total. The molecule has 1 aliphatic carbocycles. The van der Waals surface area contributed by atoms with E-state index in [1.165, 1.54) is 0 Å². The monoisotopic (exact) mass is 398 g/mol. The molecule has 0 bridgehead atoms. The molecule has 1 aliphatic heterocycles. The number of carbonyl (C=O) groups is 2. The van der Waals surface area contributed by atoms with E-state index in [1.54, 1.807) is 4.90 Å². The summed E-state index contributed by atoms with van der Waals surface area (Å²) < 4.78 is 1.01. The molecule has 128 valence electrons. The third-order valence-corrected chi connectivity index (χ3v) is 5.62. The zero-order valence-electron chi connectivity index (χ0n) is 13.8. The summed E-state index contributed by atoms with van der Waals surface area (Å²) in [5.74, 6) is 0.212. The Morgan fingerprint density at radius 3 is 2.28 bits per heavy atom. The number of benzene rings is 2. The molecule has 0 spiro atoms. The number of nitrogens with one attached hydrogen (secondary N) is 1. The minimum Gasteiger partial charge on any atom is -0.325 e. The number of hydrogen-bond acceptors (Lipinski definition) is 2. The van der Waals surface area contributed by atoms with Crippen LogP contribution in [-0.2, 0) is 15.0 Å². The zero-order chi connectivity index (χ0) is 17.4. The fraction of sp³-hybridized carbons (Fsp3) is 0.300. The van der Waals surface area contributed by atoms with Crippen LogP contribution in [0.1, 0.15) is 31.2 Å². The SMILES string of the molecule is O=C1CCCN1c1ccc(NC(=O)C2(c3ccc(Br)cc3)CC2)cc1. The van der Waals surface area contributed by atoms with Crippen molar-refractivity contribution in [3.8, 4) is 0 Å². The number of nitrogens with zero attached hydrogens (tertiary/aromatic N) is 1. The summed E-state index contributed by atoms with van der Waals surface area (Å²) in [5.41, 5.74) is 2.33. The van der Waals surface area contributed by atoms with Crippen molar-refractivity contribution >= 4 is 39.1 Å². The van der Waals surface area contributed by atoms with Gasteiger partial charge in [-0.25, -0.2) is 0 Å². The van der Waals surface area contributed by atoms with E-state index in [0.717, 1.165) is 47.2 Å². The summed E-state index contributed by atoms with van der Waals surface area (Å²) in [4.78, 5) is 26.4. The van der Waals surface area contributed by atoms with Crippen molar-refractivity contribution in [2.75, 3.05) is 16.8 Å². The predicted octanol–water partition coefficient (Wildman–Crippen LogP) is 4.25. The molecule has 0 atom stereocenters. The number of anilines is 2. The van der Waals surface area contributed by atoms with Gasteiger partial charge in [0.2, 0.25) is 11.8 Å².